The first-order valence-electron chi connectivity index (χ1n) is 13.7. The number of halogens is 1. The second-order valence-electron chi connectivity index (χ2n) is 10.7. The molecule has 1 amide bonds. The smallest absolute Gasteiger partial charge is 0.245 e. The summed E-state index contributed by atoms with van der Waals surface area (Å²) >= 11 is 6.85. The van der Waals surface area contributed by atoms with Crippen molar-refractivity contribution in [3.05, 3.63) is 65.4 Å². The van der Waals surface area contributed by atoms with Gasteiger partial charge in [0.05, 0.1) is 11.6 Å². The van der Waals surface area contributed by atoms with E-state index >= 15 is 0 Å². The summed E-state index contributed by atoms with van der Waals surface area (Å²) in [5, 5.41) is 0.543. The number of ether oxygens (including phenoxy) is 2. The SMILES string of the molecule is CC(=O)N1CCN(CCOc2ccc(-c3nc4c(OC5(C)CC5)ncnc4n3Cc3ccccc3)c(Cl)c2)CC1. The maximum atomic E-state index is 11.6. The van der Waals surface area contributed by atoms with Gasteiger partial charge in [0.1, 0.15) is 30.1 Å². The molecule has 0 unspecified atom stereocenters. The van der Waals surface area contributed by atoms with Gasteiger partial charge in [0, 0.05) is 45.2 Å². The highest BCUT2D eigenvalue weighted by Gasteiger charge is 2.41. The van der Waals surface area contributed by atoms with Crippen LogP contribution in [-0.2, 0) is 11.3 Å². The molecule has 208 valence electrons. The minimum atomic E-state index is -0.192. The van der Waals surface area contributed by atoms with Crippen LogP contribution in [0.3, 0.4) is 0 Å². The van der Waals surface area contributed by atoms with Crippen LogP contribution in [0.4, 0.5) is 0 Å². The molecular weight excluding hydrogens is 528 g/mol. The summed E-state index contributed by atoms with van der Waals surface area (Å²) in [5.74, 6) is 2.03. The van der Waals surface area contributed by atoms with Crippen LogP contribution in [0.2, 0.25) is 5.02 Å². The molecule has 1 saturated heterocycles. The van der Waals surface area contributed by atoms with E-state index in [1.165, 1.54) is 6.33 Å². The monoisotopic (exact) mass is 560 g/mol. The summed E-state index contributed by atoms with van der Waals surface area (Å²) in [5.41, 5.74) is 3.05. The Morgan fingerprint density at radius 2 is 1.82 bits per heavy atom. The van der Waals surface area contributed by atoms with E-state index in [9.17, 15) is 4.79 Å². The largest absolute Gasteiger partial charge is 0.492 e. The van der Waals surface area contributed by atoms with E-state index in [1.807, 2.05) is 41.3 Å². The Kier molecular flexibility index (Phi) is 7.33. The van der Waals surface area contributed by atoms with Gasteiger partial charge in [-0.15, -0.1) is 0 Å². The minimum absolute atomic E-state index is 0.135. The average molecular weight is 561 g/mol. The van der Waals surface area contributed by atoms with Crippen LogP contribution < -0.4 is 9.47 Å². The summed E-state index contributed by atoms with van der Waals surface area (Å²) in [6.07, 6.45) is 3.53. The van der Waals surface area contributed by atoms with E-state index in [0.29, 0.717) is 46.8 Å². The lowest BCUT2D eigenvalue weighted by molar-refractivity contribution is -0.130. The van der Waals surface area contributed by atoms with Crippen LogP contribution in [0.1, 0.15) is 32.3 Å². The van der Waals surface area contributed by atoms with Crippen molar-refractivity contribution in [2.24, 2.45) is 0 Å². The number of hydrogen-bond donors (Lipinski definition) is 0. The highest BCUT2D eigenvalue weighted by atomic mass is 35.5. The topological polar surface area (TPSA) is 85.6 Å². The molecule has 1 aliphatic heterocycles. The Balaban J connectivity index is 1.23. The van der Waals surface area contributed by atoms with Crippen LogP contribution in [0.5, 0.6) is 11.6 Å². The summed E-state index contributed by atoms with van der Waals surface area (Å²) < 4.78 is 14.3. The maximum Gasteiger partial charge on any atom is 0.245 e. The number of fused-ring (bicyclic) bond motifs is 1. The summed E-state index contributed by atoms with van der Waals surface area (Å²) in [7, 11) is 0. The van der Waals surface area contributed by atoms with Gasteiger partial charge in [-0.05, 0) is 43.5 Å². The third kappa shape index (κ3) is 5.76. The minimum Gasteiger partial charge on any atom is -0.492 e. The molecule has 9 nitrogen and oxygen atoms in total. The fraction of sp³-hybridized carbons (Fsp3) is 0.400. The molecule has 1 aliphatic carbocycles. The molecule has 0 radical (unpaired) electrons. The highest BCUT2D eigenvalue weighted by molar-refractivity contribution is 6.33. The van der Waals surface area contributed by atoms with E-state index in [4.69, 9.17) is 26.1 Å². The lowest BCUT2D eigenvalue weighted by atomic mass is 10.2. The Bertz CT molecular complexity index is 1510. The van der Waals surface area contributed by atoms with Crippen molar-refractivity contribution in [3.8, 4) is 23.0 Å². The number of carbonyl (C=O) groups excluding carboxylic acids is 1. The maximum absolute atomic E-state index is 11.6. The van der Waals surface area contributed by atoms with Gasteiger partial charge in [-0.2, -0.15) is 4.98 Å². The standard InChI is InChI=1S/C30H33ClN6O3/c1-21(38)36-14-12-35(13-15-36)16-17-39-23-8-9-24(25(31)18-23)27-34-26-28(37(27)19-22-6-4-3-5-7-22)32-20-33-29(26)40-30(2)10-11-30/h3-9,18,20H,10-17,19H2,1-2H3. The number of imidazole rings is 1. The molecule has 0 N–H and O–H groups in total. The molecule has 2 aromatic heterocycles. The second kappa shape index (κ2) is 11.1. The van der Waals surface area contributed by atoms with Gasteiger partial charge < -0.3 is 18.9 Å². The predicted molar refractivity (Wildman–Crippen MR) is 154 cm³/mol. The Labute approximate surface area is 238 Å². The molecule has 0 bridgehead atoms. The molecule has 0 spiro atoms. The first-order chi connectivity index (χ1) is 19.4. The summed E-state index contributed by atoms with van der Waals surface area (Å²) in [6, 6.07) is 15.9. The molecule has 6 rings (SSSR count). The summed E-state index contributed by atoms with van der Waals surface area (Å²) in [6.45, 7) is 8.85. The molecular formula is C30H33ClN6O3. The van der Waals surface area contributed by atoms with Crippen LogP contribution in [0.25, 0.3) is 22.6 Å². The van der Waals surface area contributed by atoms with Crippen molar-refractivity contribution in [1.82, 2.24) is 29.3 Å². The number of nitrogens with zero attached hydrogens (tertiary/aromatic N) is 6. The third-order valence-electron chi connectivity index (χ3n) is 7.65. The molecule has 4 aromatic rings. The van der Waals surface area contributed by atoms with Gasteiger partial charge in [-0.25, -0.2) is 9.97 Å². The van der Waals surface area contributed by atoms with Crippen molar-refractivity contribution in [1.29, 1.82) is 0 Å². The van der Waals surface area contributed by atoms with Crippen molar-refractivity contribution in [2.45, 2.75) is 38.8 Å². The Morgan fingerprint density at radius 3 is 2.52 bits per heavy atom. The molecule has 3 heterocycles. The van der Waals surface area contributed by atoms with Crippen molar-refractivity contribution in [3.63, 3.8) is 0 Å². The van der Waals surface area contributed by atoms with E-state index in [0.717, 1.165) is 56.7 Å². The van der Waals surface area contributed by atoms with Crippen LogP contribution >= 0.6 is 11.6 Å². The quantitative estimate of drug-likeness (QED) is 0.294. The fourth-order valence-corrected chi connectivity index (χ4v) is 5.22. The van der Waals surface area contributed by atoms with E-state index < -0.39 is 0 Å². The lowest BCUT2D eigenvalue weighted by Crippen LogP contribution is -2.48. The van der Waals surface area contributed by atoms with Crippen LogP contribution in [-0.4, -0.2) is 80.2 Å². The van der Waals surface area contributed by atoms with Crippen molar-refractivity contribution >= 4 is 28.7 Å². The number of carbonyl (C=O) groups is 1. The predicted octanol–water partition coefficient (Wildman–Crippen LogP) is 4.67. The zero-order valence-electron chi connectivity index (χ0n) is 22.8. The molecule has 1 saturated carbocycles. The molecule has 2 aromatic carbocycles. The van der Waals surface area contributed by atoms with E-state index in [1.54, 1.807) is 6.92 Å². The normalized spacial score (nSPS) is 16.7. The molecule has 2 fully saturated rings. The number of benzene rings is 2. The molecule has 10 heteroatoms. The van der Waals surface area contributed by atoms with Gasteiger partial charge in [0.15, 0.2) is 11.2 Å². The third-order valence-corrected chi connectivity index (χ3v) is 7.97. The number of amides is 1. The number of hydrogen-bond acceptors (Lipinski definition) is 7. The Hall–Kier alpha value is -3.69. The van der Waals surface area contributed by atoms with Gasteiger partial charge in [0.25, 0.3) is 0 Å². The zero-order valence-corrected chi connectivity index (χ0v) is 23.6. The Morgan fingerprint density at radius 1 is 1.05 bits per heavy atom. The van der Waals surface area contributed by atoms with E-state index in [2.05, 4.69) is 38.5 Å². The van der Waals surface area contributed by atoms with E-state index in [-0.39, 0.29) is 11.5 Å². The van der Waals surface area contributed by atoms with Crippen LogP contribution in [0, 0.1) is 0 Å². The second-order valence-corrected chi connectivity index (χ2v) is 11.2. The van der Waals surface area contributed by atoms with Crippen molar-refractivity contribution in [2.75, 3.05) is 39.3 Å². The zero-order chi connectivity index (χ0) is 27.7. The number of rotatable bonds is 9. The molecule has 2 aliphatic rings. The van der Waals surface area contributed by atoms with Gasteiger partial charge in [0.2, 0.25) is 11.8 Å². The highest BCUT2D eigenvalue weighted by Crippen LogP contribution is 2.41. The summed E-state index contributed by atoms with van der Waals surface area (Å²) in [4.78, 5) is 29.7. The fourth-order valence-electron chi connectivity index (χ4n) is 4.97. The number of piperazine rings is 1. The van der Waals surface area contributed by atoms with Crippen molar-refractivity contribution < 1.29 is 14.3 Å². The molecule has 40 heavy (non-hydrogen) atoms. The molecule has 0 atom stereocenters. The number of aromatic nitrogens is 4. The van der Waals surface area contributed by atoms with Gasteiger partial charge in [-0.3, -0.25) is 9.69 Å². The van der Waals surface area contributed by atoms with Gasteiger partial charge >= 0.3 is 0 Å². The van der Waals surface area contributed by atoms with Gasteiger partial charge in [-0.1, -0.05) is 41.9 Å². The average Bonchev–Trinajstić information content (AvgIpc) is 3.57. The first kappa shape index (κ1) is 26.5. The van der Waals surface area contributed by atoms with Crippen LogP contribution in [0.15, 0.2) is 54.9 Å². The first-order valence-corrected chi connectivity index (χ1v) is 14.1. The lowest BCUT2D eigenvalue weighted by Gasteiger charge is -2.34.